The summed E-state index contributed by atoms with van der Waals surface area (Å²) < 4.78 is 5.32. The SMILES string of the molecule is COc1ccc(CCN(Cc2cn[nH]c2C2CCCCC2)CC2CCN(C)CC2)cc1. The second kappa shape index (κ2) is 11.1. The Hall–Kier alpha value is -1.85. The number of piperidine rings is 1. The smallest absolute Gasteiger partial charge is 0.118 e. The average Bonchev–Trinajstić information content (AvgIpc) is 3.28. The van der Waals surface area contributed by atoms with E-state index in [0.29, 0.717) is 5.92 Å². The predicted octanol–water partition coefficient (Wildman–Crippen LogP) is 4.85. The minimum atomic E-state index is 0.679. The Balaban J connectivity index is 1.42. The zero-order valence-electron chi connectivity index (χ0n) is 19.5. The van der Waals surface area contributed by atoms with Crippen molar-refractivity contribution in [3.05, 3.63) is 47.3 Å². The fraction of sp³-hybridized carbons (Fsp3) is 0.654. The topological polar surface area (TPSA) is 44.4 Å². The van der Waals surface area contributed by atoms with Gasteiger partial charge in [0.15, 0.2) is 0 Å². The molecule has 1 aromatic heterocycles. The van der Waals surface area contributed by atoms with Gasteiger partial charge in [0.1, 0.15) is 5.75 Å². The molecule has 0 bridgehead atoms. The summed E-state index contributed by atoms with van der Waals surface area (Å²) in [4.78, 5) is 5.16. The molecular weight excluding hydrogens is 384 g/mol. The molecular formula is C26H40N4O. The fourth-order valence-electron chi connectivity index (χ4n) is 5.36. The van der Waals surface area contributed by atoms with Gasteiger partial charge in [-0.15, -0.1) is 0 Å². The lowest BCUT2D eigenvalue weighted by molar-refractivity contribution is 0.156. The van der Waals surface area contributed by atoms with Crippen LogP contribution in [0.25, 0.3) is 0 Å². The molecule has 2 fully saturated rings. The van der Waals surface area contributed by atoms with Gasteiger partial charge in [-0.25, -0.2) is 0 Å². The number of methoxy groups -OCH3 is 1. The van der Waals surface area contributed by atoms with Gasteiger partial charge in [-0.3, -0.25) is 10.00 Å². The fourth-order valence-corrected chi connectivity index (χ4v) is 5.36. The van der Waals surface area contributed by atoms with E-state index in [1.807, 2.05) is 0 Å². The van der Waals surface area contributed by atoms with Crippen molar-refractivity contribution in [1.29, 1.82) is 0 Å². The third-order valence-electron chi connectivity index (χ3n) is 7.39. The second-order valence-electron chi connectivity index (χ2n) is 9.72. The number of hydrogen-bond donors (Lipinski definition) is 1. The van der Waals surface area contributed by atoms with E-state index in [0.717, 1.165) is 31.2 Å². The lowest BCUT2D eigenvalue weighted by atomic mass is 9.85. The quantitative estimate of drug-likeness (QED) is 0.625. The number of aromatic nitrogens is 2. The number of hydrogen-bond acceptors (Lipinski definition) is 4. The molecule has 5 nitrogen and oxygen atoms in total. The molecule has 170 valence electrons. The van der Waals surface area contributed by atoms with Crippen molar-refractivity contribution in [3.63, 3.8) is 0 Å². The van der Waals surface area contributed by atoms with Gasteiger partial charge in [0.05, 0.1) is 13.3 Å². The van der Waals surface area contributed by atoms with Crippen LogP contribution in [0.4, 0.5) is 0 Å². The van der Waals surface area contributed by atoms with Crippen molar-refractivity contribution in [2.45, 2.75) is 63.8 Å². The van der Waals surface area contributed by atoms with Crippen LogP contribution in [0.5, 0.6) is 5.75 Å². The average molecular weight is 425 g/mol. The molecule has 0 amide bonds. The number of likely N-dealkylation sites (tertiary alicyclic amines) is 1. The van der Waals surface area contributed by atoms with E-state index in [4.69, 9.17) is 4.74 Å². The van der Waals surface area contributed by atoms with Gasteiger partial charge < -0.3 is 9.64 Å². The Morgan fingerprint density at radius 3 is 2.52 bits per heavy atom. The molecule has 4 rings (SSSR count). The van der Waals surface area contributed by atoms with Crippen LogP contribution in [0.3, 0.4) is 0 Å². The van der Waals surface area contributed by atoms with E-state index in [9.17, 15) is 0 Å². The predicted molar refractivity (Wildman–Crippen MR) is 127 cm³/mol. The van der Waals surface area contributed by atoms with Crippen LogP contribution in [-0.2, 0) is 13.0 Å². The highest BCUT2D eigenvalue weighted by molar-refractivity contribution is 5.27. The molecule has 5 heteroatoms. The first-order valence-electron chi connectivity index (χ1n) is 12.3. The van der Waals surface area contributed by atoms with Gasteiger partial charge in [0.2, 0.25) is 0 Å². The van der Waals surface area contributed by atoms with Gasteiger partial charge in [-0.05, 0) is 75.9 Å². The molecule has 1 saturated carbocycles. The summed E-state index contributed by atoms with van der Waals surface area (Å²) in [6.45, 7) is 5.77. The number of nitrogens with one attached hydrogen (secondary N) is 1. The largest absolute Gasteiger partial charge is 0.497 e. The monoisotopic (exact) mass is 424 g/mol. The lowest BCUT2D eigenvalue weighted by Crippen LogP contribution is -2.37. The number of benzene rings is 1. The van der Waals surface area contributed by atoms with E-state index < -0.39 is 0 Å². The number of aromatic amines is 1. The van der Waals surface area contributed by atoms with Crippen molar-refractivity contribution < 1.29 is 4.74 Å². The molecule has 0 spiro atoms. The van der Waals surface area contributed by atoms with Gasteiger partial charge >= 0.3 is 0 Å². The first-order valence-corrected chi connectivity index (χ1v) is 12.3. The van der Waals surface area contributed by atoms with Crippen LogP contribution in [0.1, 0.15) is 67.7 Å². The molecule has 1 aromatic carbocycles. The highest BCUT2D eigenvalue weighted by Crippen LogP contribution is 2.33. The molecule has 0 radical (unpaired) electrons. The van der Waals surface area contributed by atoms with Crippen molar-refractivity contribution in [1.82, 2.24) is 20.0 Å². The maximum Gasteiger partial charge on any atom is 0.118 e. The van der Waals surface area contributed by atoms with E-state index in [-0.39, 0.29) is 0 Å². The molecule has 1 aliphatic carbocycles. The Morgan fingerprint density at radius 1 is 1.06 bits per heavy atom. The van der Waals surface area contributed by atoms with Crippen LogP contribution < -0.4 is 4.74 Å². The van der Waals surface area contributed by atoms with Crippen LogP contribution in [0.2, 0.25) is 0 Å². The van der Waals surface area contributed by atoms with Crippen LogP contribution >= 0.6 is 0 Å². The first-order chi connectivity index (χ1) is 15.2. The summed E-state index contributed by atoms with van der Waals surface area (Å²) in [6, 6.07) is 8.57. The number of ether oxygens (including phenoxy) is 1. The summed E-state index contributed by atoms with van der Waals surface area (Å²) >= 11 is 0. The van der Waals surface area contributed by atoms with Gasteiger partial charge in [0, 0.05) is 36.8 Å². The minimum absolute atomic E-state index is 0.679. The van der Waals surface area contributed by atoms with Crippen molar-refractivity contribution in [2.75, 3.05) is 40.3 Å². The molecule has 0 atom stereocenters. The second-order valence-corrected chi connectivity index (χ2v) is 9.72. The van der Waals surface area contributed by atoms with Gasteiger partial charge in [0.25, 0.3) is 0 Å². The van der Waals surface area contributed by atoms with Crippen molar-refractivity contribution >= 4 is 0 Å². The minimum Gasteiger partial charge on any atom is -0.497 e. The molecule has 2 aliphatic rings. The van der Waals surface area contributed by atoms with Crippen LogP contribution in [-0.4, -0.2) is 60.3 Å². The Labute approximate surface area is 188 Å². The zero-order valence-corrected chi connectivity index (χ0v) is 19.5. The number of H-pyrrole nitrogens is 1. The highest BCUT2D eigenvalue weighted by Gasteiger charge is 2.23. The van der Waals surface area contributed by atoms with Gasteiger partial charge in [-0.2, -0.15) is 5.10 Å². The maximum absolute atomic E-state index is 5.32. The summed E-state index contributed by atoms with van der Waals surface area (Å²) in [5.41, 5.74) is 4.22. The van der Waals surface area contributed by atoms with E-state index in [2.05, 4.69) is 57.5 Å². The van der Waals surface area contributed by atoms with Crippen molar-refractivity contribution in [2.24, 2.45) is 5.92 Å². The van der Waals surface area contributed by atoms with Crippen LogP contribution in [0.15, 0.2) is 30.5 Å². The van der Waals surface area contributed by atoms with Crippen LogP contribution in [0, 0.1) is 5.92 Å². The molecule has 31 heavy (non-hydrogen) atoms. The summed E-state index contributed by atoms with van der Waals surface area (Å²) in [5, 5.41) is 7.85. The van der Waals surface area contributed by atoms with E-state index in [1.54, 1.807) is 7.11 Å². The molecule has 1 saturated heterocycles. The molecule has 1 aliphatic heterocycles. The zero-order chi connectivity index (χ0) is 21.5. The normalized spacial score (nSPS) is 19.2. The summed E-state index contributed by atoms with van der Waals surface area (Å²) in [7, 11) is 3.98. The standard InChI is InChI=1S/C26H40N4O/c1-29-15-12-22(13-16-29)19-30(17-14-21-8-10-25(31-2)11-9-21)20-24-18-27-28-26(24)23-6-4-3-5-7-23/h8-11,18,22-23H,3-7,12-17,19-20H2,1-2H3,(H,27,28). The van der Waals surface area contributed by atoms with E-state index >= 15 is 0 Å². The number of nitrogens with zero attached hydrogens (tertiary/aromatic N) is 3. The van der Waals surface area contributed by atoms with E-state index in [1.165, 1.54) is 81.4 Å². The third-order valence-corrected chi connectivity index (χ3v) is 7.39. The van der Waals surface area contributed by atoms with Gasteiger partial charge in [-0.1, -0.05) is 31.4 Å². The maximum atomic E-state index is 5.32. The third kappa shape index (κ3) is 6.33. The Kier molecular flexibility index (Phi) is 8.03. The molecule has 1 N–H and O–H groups in total. The highest BCUT2D eigenvalue weighted by atomic mass is 16.5. The molecule has 2 heterocycles. The first kappa shape index (κ1) is 22.3. The summed E-state index contributed by atoms with van der Waals surface area (Å²) in [6.07, 6.45) is 12.6. The Bertz CT molecular complexity index is 773. The molecule has 2 aromatic rings. The van der Waals surface area contributed by atoms with Crippen molar-refractivity contribution in [3.8, 4) is 5.75 Å². The lowest BCUT2D eigenvalue weighted by Gasteiger charge is -2.33. The molecule has 0 unspecified atom stereocenters. The summed E-state index contributed by atoms with van der Waals surface area (Å²) in [5.74, 6) is 2.41. The Morgan fingerprint density at radius 2 is 1.81 bits per heavy atom. The number of rotatable bonds is 9.